The summed E-state index contributed by atoms with van der Waals surface area (Å²) in [6, 6.07) is 0. The summed E-state index contributed by atoms with van der Waals surface area (Å²) in [6.07, 6.45) is 3.84. The molecule has 0 heterocycles. The summed E-state index contributed by atoms with van der Waals surface area (Å²) >= 11 is 0. The van der Waals surface area contributed by atoms with Crippen LogP contribution in [0.15, 0.2) is 0 Å². The van der Waals surface area contributed by atoms with Crippen LogP contribution in [0.3, 0.4) is 0 Å². The lowest BCUT2D eigenvalue weighted by Gasteiger charge is -2.38. The molecule has 118 valence electrons. The van der Waals surface area contributed by atoms with E-state index < -0.39 is 7.25 Å². The molecule has 0 spiro atoms. The highest BCUT2D eigenvalue weighted by atomic mass is 19.5. The Labute approximate surface area is 114 Å². The Morgan fingerprint density at radius 1 is 0.789 bits per heavy atom. The van der Waals surface area contributed by atoms with Crippen molar-refractivity contribution in [1.29, 1.82) is 0 Å². The smallest absolute Gasteiger partial charge is 0.418 e. The van der Waals surface area contributed by atoms with E-state index in [1.54, 1.807) is 7.11 Å². The van der Waals surface area contributed by atoms with E-state index in [9.17, 15) is 17.3 Å². The van der Waals surface area contributed by atoms with Crippen molar-refractivity contribution in [2.24, 2.45) is 0 Å². The monoisotopic (exact) mass is 289 g/mol. The second-order valence-electron chi connectivity index (χ2n) is 4.72. The molecule has 0 saturated heterocycles. The Morgan fingerprint density at radius 3 is 1.32 bits per heavy atom. The first-order valence-electron chi connectivity index (χ1n) is 6.96. The summed E-state index contributed by atoms with van der Waals surface area (Å²) in [5, 5.41) is 0. The van der Waals surface area contributed by atoms with E-state index in [1.807, 2.05) is 0 Å². The predicted octanol–water partition coefficient (Wildman–Crippen LogP) is 3.98. The van der Waals surface area contributed by atoms with Gasteiger partial charge >= 0.3 is 7.25 Å². The van der Waals surface area contributed by atoms with Crippen LogP contribution in [0.25, 0.3) is 0 Å². The molecule has 0 amide bonds. The average Bonchev–Trinajstić information content (AvgIpc) is 2.25. The maximum atomic E-state index is 9.75. The zero-order valence-electron chi connectivity index (χ0n) is 12.6. The zero-order chi connectivity index (χ0) is 15.4. The molecular weight excluding hydrogens is 261 g/mol. The Hall–Kier alpha value is -0.295. The Morgan fingerprint density at radius 2 is 1.11 bits per heavy atom. The van der Waals surface area contributed by atoms with Gasteiger partial charge in [-0.25, -0.2) is 0 Å². The lowest BCUT2D eigenvalue weighted by atomic mass is 10.2. The molecule has 0 aliphatic rings. The lowest BCUT2D eigenvalue weighted by Crippen LogP contribution is -2.51. The van der Waals surface area contributed by atoms with Crippen LogP contribution in [0, 0.1) is 0 Å². The molecule has 0 rings (SSSR count). The molecule has 0 aromatic rings. The quantitative estimate of drug-likeness (QED) is 0.354. The van der Waals surface area contributed by atoms with Gasteiger partial charge in [0.2, 0.25) is 0 Å². The Bertz CT molecular complexity index is 180. The summed E-state index contributed by atoms with van der Waals surface area (Å²) in [6.45, 7) is 12.9. The van der Waals surface area contributed by atoms with Gasteiger partial charge in [-0.2, -0.15) is 0 Å². The van der Waals surface area contributed by atoms with Crippen molar-refractivity contribution in [3.8, 4) is 0 Å². The Kier molecular flexibility index (Phi) is 12.7. The standard InChI is InChI=1S/C12H28NO.BF4/c1-5-8-13(9-6-2,10-7-3)11-12-14-4;2-1(3,4)5/h5-12H2,1-4H3;/q+1;-1. The fraction of sp³-hybridized carbons (Fsp3) is 1.00. The topological polar surface area (TPSA) is 9.23 Å². The third-order valence-electron chi connectivity index (χ3n) is 2.86. The van der Waals surface area contributed by atoms with Crippen molar-refractivity contribution in [3.05, 3.63) is 0 Å². The van der Waals surface area contributed by atoms with Crippen LogP contribution < -0.4 is 0 Å². The molecule has 0 N–H and O–H groups in total. The minimum Gasteiger partial charge on any atom is -0.418 e. The van der Waals surface area contributed by atoms with Gasteiger partial charge in [0.1, 0.15) is 6.54 Å². The van der Waals surface area contributed by atoms with Gasteiger partial charge in [-0.15, -0.1) is 0 Å². The van der Waals surface area contributed by atoms with E-state index in [1.165, 1.54) is 49.9 Å². The largest absolute Gasteiger partial charge is 0.673 e. The molecule has 0 aliphatic carbocycles. The third kappa shape index (κ3) is 15.6. The van der Waals surface area contributed by atoms with Crippen molar-refractivity contribution in [3.63, 3.8) is 0 Å². The molecule has 0 fully saturated rings. The first-order chi connectivity index (χ1) is 8.74. The van der Waals surface area contributed by atoms with Crippen molar-refractivity contribution in [1.82, 2.24) is 0 Å². The van der Waals surface area contributed by atoms with Gasteiger partial charge in [-0.1, -0.05) is 20.8 Å². The fourth-order valence-electron chi connectivity index (χ4n) is 2.38. The maximum Gasteiger partial charge on any atom is 0.673 e. The number of halogens is 4. The summed E-state index contributed by atoms with van der Waals surface area (Å²) < 4.78 is 45.5. The highest BCUT2D eigenvalue weighted by molar-refractivity contribution is 6.50. The minimum atomic E-state index is -6.00. The van der Waals surface area contributed by atoms with Crippen LogP contribution in [-0.2, 0) is 4.74 Å². The van der Waals surface area contributed by atoms with Gasteiger partial charge < -0.3 is 26.5 Å². The van der Waals surface area contributed by atoms with E-state index in [0.717, 1.165) is 6.61 Å². The molecule has 2 nitrogen and oxygen atoms in total. The molecule has 19 heavy (non-hydrogen) atoms. The lowest BCUT2D eigenvalue weighted by molar-refractivity contribution is -0.928. The molecule has 0 aromatic carbocycles. The average molecular weight is 289 g/mol. The SMILES string of the molecule is CCC[N+](CCC)(CCC)CCOC.F[B-](F)(F)F. The Balaban J connectivity index is 0. The van der Waals surface area contributed by atoms with Gasteiger partial charge in [-0.05, 0) is 19.3 Å². The van der Waals surface area contributed by atoms with E-state index in [2.05, 4.69) is 20.8 Å². The van der Waals surface area contributed by atoms with Crippen molar-refractivity contribution < 1.29 is 26.5 Å². The second-order valence-corrected chi connectivity index (χ2v) is 4.72. The second kappa shape index (κ2) is 11.5. The normalized spacial score (nSPS) is 12.0. The molecule has 0 saturated carbocycles. The highest BCUT2D eigenvalue weighted by Crippen LogP contribution is 2.11. The van der Waals surface area contributed by atoms with Gasteiger partial charge in [-0.3, -0.25) is 0 Å². The zero-order valence-corrected chi connectivity index (χ0v) is 12.6. The third-order valence-corrected chi connectivity index (χ3v) is 2.86. The molecule has 7 heteroatoms. The molecule has 0 bridgehead atoms. The van der Waals surface area contributed by atoms with Gasteiger partial charge in [0.25, 0.3) is 0 Å². The predicted molar refractivity (Wildman–Crippen MR) is 72.7 cm³/mol. The van der Waals surface area contributed by atoms with Gasteiger partial charge in [0, 0.05) is 7.11 Å². The first-order valence-corrected chi connectivity index (χ1v) is 6.96. The van der Waals surface area contributed by atoms with Crippen LogP contribution in [0.1, 0.15) is 40.0 Å². The van der Waals surface area contributed by atoms with Gasteiger partial charge in [0.15, 0.2) is 0 Å². The number of rotatable bonds is 9. The molecule has 0 aromatic heterocycles. The molecule has 0 radical (unpaired) electrons. The fourth-order valence-corrected chi connectivity index (χ4v) is 2.38. The number of hydrogen-bond acceptors (Lipinski definition) is 1. The number of nitrogens with zero attached hydrogens (tertiary/aromatic N) is 1. The number of hydrogen-bond donors (Lipinski definition) is 0. The molecule has 0 unspecified atom stereocenters. The number of quaternary nitrogens is 1. The van der Waals surface area contributed by atoms with E-state index >= 15 is 0 Å². The highest BCUT2D eigenvalue weighted by Gasteiger charge is 2.23. The van der Waals surface area contributed by atoms with Crippen molar-refractivity contribution >= 4 is 7.25 Å². The van der Waals surface area contributed by atoms with Crippen LogP contribution in [-0.4, -0.2) is 51.6 Å². The van der Waals surface area contributed by atoms with E-state index in [0.29, 0.717) is 0 Å². The molecule has 0 aliphatic heterocycles. The van der Waals surface area contributed by atoms with Crippen LogP contribution in [0.5, 0.6) is 0 Å². The minimum absolute atomic E-state index is 0.903. The summed E-state index contributed by atoms with van der Waals surface area (Å²) in [4.78, 5) is 0. The summed E-state index contributed by atoms with van der Waals surface area (Å²) in [5.41, 5.74) is 0. The maximum absolute atomic E-state index is 9.75. The first kappa shape index (κ1) is 21.0. The van der Waals surface area contributed by atoms with Crippen LogP contribution in [0.2, 0.25) is 0 Å². The van der Waals surface area contributed by atoms with Gasteiger partial charge in [0.05, 0.1) is 26.2 Å². The van der Waals surface area contributed by atoms with E-state index in [-0.39, 0.29) is 0 Å². The van der Waals surface area contributed by atoms with Crippen molar-refractivity contribution in [2.75, 3.05) is 39.9 Å². The molecule has 0 atom stereocenters. The summed E-state index contributed by atoms with van der Waals surface area (Å²) in [7, 11) is -4.20. The summed E-state index contributed by atoms with van der Waals surface area (Å²) in [5.74, 6) is 0. The van der Waals surface area contributed by atoms with Crippen LogP contribution >= 0.6 is 0 Å². The number of methoxy groups -OCH3 is 1. The number of ether oxygens (including phenoxy) is 1. The van der Waals surface area contributed by atoms with Crippen molar-refractivity contribution in [2.45, 2.75) is 40.0 Å². The van der Waals surface area contributed by atoms with E-state index in [4.69, 9.17) is 4.74 Å². The molecular formula is C12H28BF4NO. The van der Waals surface area contributed by atoms with Crippen LogP contribution in [0.4, 0.5) is 17.3 Å².